The average molecular weight is 585 g/mol. The third-order valence-corrected chi connectivity index (χ3v) is 6.92. The van der Waals surface area contributed by atoms with Gasteiger partial charge in [-0.1, -0.05) is 6.92 Å². The number of aromatic nitrogens is 1. The SMILES string of the molecule is COCC(COC)N(C(=O)C1CCC(C)CC1)c1cc(F)c(Oc2ncc(C=O)cc2C(F)(F)F)cc1C(=O)OC. The number of anilines is 1. The van der Waals surface area contributed by atoms with Crippen molar-refractivity contribution in [1.82, 2.24) is 4.98 Å². The van der Waals surface area contributed by atoms with E-state index in [-0.39, 0.29) is 42.2 Å². The molecular formula is C28H32F4N2O7. The first-order valence-corrected chi connectivity index (χ1v) is 12.9. The van der Waals surface area contributed by atoms with Crippen molar-refractivity contribution in [3.05, 3.63) is 46.9 Å². The van der Waals surface area contributed by atoms with Crippen molar-refractivity contribution in [3.8, 4) is 11.6 Å². The van der Waals surface area contributed by atoms with E-state index in [2.05, 4.69) is 11.9 Å². The molecule has 224 valence electrons. The van der Waals surface area contributed by atoms with Crippen LogP contribution in [0.25, 0.3) is 0 Å². The molecule has 1 saturated carbocycles. The van der Waals surface area contributed by atoms with Crippen LogP contribution in [0, 0.1) is 17.7 Å². The molecule has 1 heterocycles. The lowest BCUT2D eigenvalue weighted by molar-refractivity contribution is -0.139. The Morgan fingerprint density at radius 2 is 1.71 bits per heavy atom. The zero-order valence-electron chi connectivity index (χ0n) is 23.1. The van der Waals surface area contributed by atoms with Gasteiger partial charge in [0.15, 0.2) is 17.9 Å². The molecule has 1 aliphatic rings. The molecular weight excluding hydrogens is 552 g/mol. The molecule has 1 aromatic carbocycles. The lowest BCUT2D eigenvalue weighted by atomic mass is 9.82. The number of aldehydes is 1. The van der Waals surface area contributed by atoms with Crippen LogP contribution in [-0.4, -0.2) is 63.7 Å². The number of esters is 1. The minimum atomic E-state index is -4.99. The topological polar surface area (TPSA) is 104 Å². The number of amides is 1. The van der Waals surface area contributed by atoms with E-state index >= 15 is 4.39 Å². The molecule has 1 fully saturated rings. The second-order valence-electron chi connectivity index (χ2n) is 9.86. The van der Waals surface area contributed by atoms with Crippen LogP contribution < -0.4 is 9.64 Å². The Labute approximate surface area is 234 Å². The third kappa shape index (κ3) is 7.59. The molecule has 0 unspecified atom stereocenters. The Hall–Kier alpha value is -3.58. The number of nitrogens with zero attached hydrogens (tertiary/aromatic N) is 2. The quantitative estimate of drug-likeness (QED) is 0.195. The van der Waals surface area contributed by atoms with E-state index in [9.17, 15) is 27.6 Å². The number of ether oxygens (including phenoxy) is 4. The van der Waals surface area contributed by atoms with Crippen LogP contribution in [0.3, 0.4) is 0 Å². The van der Waals surface area contributed by atoms with Crippen molar-refractivity contribution in [3.63, 3.8) is 0 Å². The Kier molecular flexibility index (Phi) is 10.8. The van der Waals surface area contributed by atoms with Crippen LogP contribution in [0.4, 0.5) is 23.2 Å². The first kappa shape index (κ1) is 31.9. The number of methoxy groups -OCH3 is 3. The van der Waals surface area contributed by atoms with Crippen molar-refractivity contribution >= 4 is 23.9 Å². The summed E-state index contributed by atoms with van der Waals surface area (Å²) >= 11 is 0. The van der Waals surface area contributed by atoms with Crippen LogP contribution in [0.2, 0.25) is 0 Å². The standard InChI is InChI=1S/C28H32F4N2O7/c1-16-5-7-18(8-6-16)26(36)34(19(14-38-2)15-39-3)23-11-22(29)24(10-20(23)27(37)40-4)41-25-21(28(30,31)32)9-17(13-35)12-33-25/h9-13,16,18-19H,5-8,14-15H2,1-4H3. The summed E-state index contributed by atoms with van der Waals surface area (Å²) in [6, 6.07) is 1.41. The van der Waals surface area contributed by atoms with E-state index in [0.29, 0.717) is 24.8 Å². The maximum absolute atomic E-state index is 15.6. The summed E-state index contributed by atoms with van der Waals surface area (Å²) < 4.78 is 77.2. The summed E-state index contributed by atoms with van der Waals surface area (Å²) in [6.07, 6.45) is -1.19. The predicted molar refractivity (Wildman–Crippen MR) is 139 cm³/mol. The largest absolute Gasteiger partial charge is 0.465 e. The summed E-state index contributed by atoms with van der Waals surface area (Å²) in [6.45, 7) is 2.04. The van der Waals surface area contributed by atoms with E-state index in [1.807, 2.05) is 0 Å². The van der Waals surface area contributed by atoms with Gasteiger partial charge in [-0.05, 0) is 37.7 Å². The zero-order chi connectivity index (χ0) is 30.3. The molecule has 0 atom stereocenters. The van der Waals surface area contributed by atoms with Gasteiger partial charge in [-0.15, -0.1) is 0 Å². The van der Waals surface area contributed by atoms with Crippen LogP contribution in [0.5, 0.6) is 11.6 Å². The summed E-state index contributed by atoms with van der Waals surface area (Å²) in [7, 11) is 3.88. The highest BCUT2D eigenvalue weighted by Crippen LogP contribution is 2.40. The van der Waals surface area contributed by atoms with Gasteiger partial charge < -0.3 is 23.8 Å². The average Bonchev–Trinajstić information content (AvgIpc) is 2.94. The number of halogens is 4. The van der Waals surface area contributed by atoms with Crippen molar-refractivity contribution in [2.75, 3.05) is 39.4 Å². The fourth-order valence-electron chi connectivity index (χ4n) is 4.80. The van der Waals surface area contributed by atoms with Gasteiger partial charge in [-0.2, -0.15) is 13.2 Å². The fraction of sp³-hybridized carbons (Fsp3) is 0.500. The zero-order valence-corrected chi connectivity index (χ0v) is 23.1. The summed E-state index contributed by atoms with van der Waals surface area (Å²) in [5.74, 6) is -4.33. The first-order chi connectivity index (χ1) is 19.4. The number of alkyl halides is 3. The van der Waals surface area contributed by atoms with E-state index in [4.69, 9.17) is 18.9 Å². The van der Waals surface area contributed by atoms with Crippen LogP contribution in [0.1, 0.15) is 58.9 Å². The lowest BCUT2D eigenvalue weighted by Crippen LogP contribution is -2.49. The lowest BCUT2D eigenvalue weighted by Gasteiger charge is -2.36. The van der Waals surface area contributed by atoms with E-state index in [0.717, 1.165) is 38.3 Å². The normalized spacial score (nSPS) is 17.3. The maximum Gasteiger partial charge on any atom is 0.421 e. The highest BCUT2D eigenvalue weighted by molar-refractivity contribution is 6.04. The molecule has 13 heteroatoms. The smallest absolute Gasteiger partial charge is 0.421 e. The number of benzene rings is 1. The third-order valence-electron chi connectivity index (χ3n) is 6.92. The minimum absolute atomic E-state index is 0.0227. The fourth-order valence-corrected chi connectivity index (χ4v) is 4.80. The summed E-state index contributed by atoms with van der Waals surface area (Å²) in [5.41, 5.74) is -2.31. The van der Waals surface area contributed by atoms with Gasteiger partial charge >= 0.3 is 12.1 Å². The van der Waals surface area contributed by atoms with Crippen LogP contribution >= 0.6 is 0 Å². The Balaban J connectivity index is 2.16. The molecule has 2 aromatic rings. The van der Waals surface area contributed by atoms with Crippen LogP contribution in [-0.2, 0) is 25.2 Å². The van der Waals surface area contributed by atoms with Gasteiger partial charge in [0.05, 0.1) is 37.6 Å². The highest BCUT2D eigenvalue weighted by Gasteiger charge is 2.38. The van der Waals surface area contributed by atoms with Crippen molar-refractivity contribution in [2.24, 2.45) is 11.8 Å². The van der Waals surface area contributed by atoms with Gasteiger partial charge in [0.2, 0.25) is 11.8 Å². The number of hydrogen-bond acceptors (Lipinski definition) is 8. The number of pyridine rings is 1. The van der Waals surface area contributed by atoms with Crippen molar-refractivity contribution < 1.29 is 50.9 Å². The predicted octanol–water partition coefficient (Wildman–Crippen LogP) is 5.45. The molecule has 0 saturated heterocycles. The van der Waals surface area contributed by atoms with E-state index in [1.54, 1.807) is 0 Å². The molecule has 1 aliphatic carbocycles. The number of hydrogen-bond donors (Lipinski definition) is 0. The van der Waals surface area contributed by atoms with Crippen molar-refractivity contribution in [2.45, 2.75) is 44.8 Å². The van der Waals surface area contributed by atoms with Crippen molar-refractivity contribution in [1.29, 1.82) is 0 Å². The van der Waals surface area contributed by atoms with Gasteiger partial charge in [-0.25, -0.2) is 14.2 Å². The van der Waals surface area contributed by atoms with Gasteiger partial charge in [0.1, 0.15) is 5.56 Å². The van der Waals surface area contributed by atoms with E-state index < -0.39 is 47.1 Å². The highest BCUT2D eigenvalue weighted by atomic mass is 19.4. The maximum atomic E-state index is 15.6. The summed E-state index contributed by atoms with van der Waals surface area (Å²) in [5, 5.41) is 0. The van der Waals surface area contributed by atoms with Gasteiger partial charge in [-0.3, -0.25) is 9.59 Å². The second-order valence-corrected chi connectivity index (χ2v) is 9.86. The van der Waals surface area contributed by atoms with Crippen LogP contribution in [0.15, 0.2) is 24.4 Å². The number of carbonyl (C=O) groups is 3. The van der Waals surface area contributed by atoms with Gasteiger partial charge in [0.25, 0.3) is 0 Å². The molecule has 0 bridgehead atoms. The monoisotopic (exact) mass is 584 g/mol. The Morgan fingerprint density at radius 3 is 2.24 bits per heavy atom. The molecule has 3 rings (SSSR count). The second kappa shape index (κ2) is 13.9. The molecule has 0 radical (unpaired) electrons. The summed E-state index contributed by atoms with van der Waals surface area (Å²) in [4.78, 5) is 42.6. The Morgan fingerprint density at radius 1 is 1.07 bits per heavy atom. The molecule has 0 N–H and O–H groups in total. The molecule has 0 aliphatic heterocycles. The number of rotatable bonds is 11. The Bertz CT molecular complexity index is 1240. The first-order valence-electron chi connectivity index (χ1n) is 12.9. The number of carbonyl (C=O) groups excluding carboxylic acids is 3. The molecule has 0 spiro atoms. The minimum Gasteiger partial charge on any atom is -0.465 e. The van der Waals surface area contributed by atoms with Gasteiger partial charge in [0, 0.05) is 44.0 Å². The van der Waals surface area contributed by atoms with E-state index in [1.165, 1.54) is 19.1 Å². The molecule has 41 heavy (non-hydrogen) atoms. The molecule has 9 nitrogen and oxygen atoms in total. The molecule has 1 amide bonds. The molecule has 1 aromatic heterocycles.